The fourth-order valence-corrected chi connectivity index (χ4v) is 11.2. The van der Waals surface area contributed by atoms with Crippen molar-refractivity contribution < 1.29 is 113 Å². The van der Waals surface area contributed by atoms with E-state index in [0.717, 1.165) is 15.8 Å². The van der Waals surface area contributed by atoms with Crippen molar-refractivity contribution in [3.05, 3.63) is 118 Å². The molecular formula is C79H101N3O26. The van der Waals surface area contributed by atoms with E-state index in [1.807, 2.05) is 12.1 Å². The van der Waals surface area contributed by atoms with Gasteiger partial charge in [0.2, 0.25) is 17.4 Å². The van der Waals surface area contributed by atoms with E-state index < -0.39 is 17.2 Å². The van der Waals surface area contributed by atoms with E-state index in [9.17, 15) is 43.2 Å². The first-order valence-electron chi connectivity index (χ1n) is 37.3. The van der Waals surface area contributed by atoms with E-state index in [2.05, 4.69) is 17.2 Å². The zero-order chi connectivity index (χ0) is 76.2. The van der Waals surface area contributed by atoms with Crippen LogP contribution in [0.5, 0.6) is 23.0 Å². The fourth-order valence-electron chi connectivity index (χ4n) is 11.2. The number of unbranched alkanes of at least 4 members (excludes halogenated alkanes) is 4. The number of carbonyl (C=O) groups excluding carboxylic acids is 7. The average molecular weight is 1510 g/mol. The summed E-state index contributed by atoms with van der Waals surface area (Å²) in [5.74, 6) is 0.445. The van der Waals surface area contributed by atoms with Crippen LogP contribution in [0.15, 0.2) is 119 Å². The molecule has 108 heavy (non-hydrogen) atoms. The molecular weight excluding hydrogens is 1410 g/mol. The van der Waals surface area contributed by atoms with Gasteiger partial charge in [-0.2, -0.15) is 0 Å². The molecule has 1 saturated heterocycles. The van der Waals surface area contributed by atoms with Crippen LogP contribution in [-0.2, 0) is 71.5 Å². The molecule has 2 N–H and O–H groups in total. The van der Waals surface area contributed by atoms with E-state index in [1.54, 1.807) is 48.7 Å². The number of amides is 3. The highest BCUT2D eigenvalue weighted by Gasteiger charge is 2.28. The van der Waals surface area contributed by atoms with Crippen molar-refractivity contribution >= 4 is 84.9 Å². The highest BCUT2D eigenvalue weighted by molar-refractivity contribution is 6.01. The van der Waals surface area contributed by atoms with Gasteiger partial charge in [0.1, 0.15) is 28.8 Å². The molecule has 1 aliphatic rings. The molecule has 29 heteroatoms. The van der Waals surface area contributed by atoms with Gasteiger partial charge in [-0.15, -0.1) is 5.06 Å². The number of fused-ring (bicyclic) bond motifs is 4. The number of Topliss-reactive ketones (excluding diaryl/α,β-unsaturated/α-hetero) is 3. The van der Waals surface area contributed by atoms with Crippen LogP contribution in [0, 0.1) is 0 Å². The molecule has 4 aromatic heterocycles. The first kappa shape index (κ1) is 84.3. The van der Waals surface area contributed by atoms with Crippen molar-refractivity contribution in [2.75, 3.05) is 145 Å². The molecule has 0 aliphatic carbocycles. The Morgan fingerprint density at radius 3 is 1.32 bits per heavy atom. The number of hydrogen-bond acceptors (Lipinski definition) is 26. The lowest BCUT2D eigenvalue weighted by Gasteiger charge is -2.15. The van der Waals surface area contributed by atoms with Gasteiger partial charge in [-0.3, -0.25) is 28.8 Å². The summed E-state index contributed by atoms with van der Waals surface area (Å²) in [4.78, 5) is 117. The minimum atomic E-state index is -0.521. The van der Waals surface area contributed by atoms with Crippen LogP contribution in [0.25, 0.3) is 43.9 Å². The minimum Gasteiger partial charge on any atom is -0.493 e. The number of benzene rings is 3. The predicted octanol–water partition coefficient (Wildman–Crippen LogP) is 10.6. The van der Waals surface area contributed by atoms with Crippen LogP contribution < -0.4 is 40.8 Å². The van der Waals surface area contributed by atoms with Crippen LogP contribution in [0.2, 0.25) is 0 Å². The van der Waals surface area contributed by atoms with Crippen molar-refractivity contribution in [2.45, 2.75) is 128 Å². The minimum absolute atomic E-state index is 0.0620. The summed E-state index contributed by atoms with van der Waals surface area (Å²) >= 11 is 0. The monoisotopic (exact) mass is 1510 g/mol. The maximum absolute atomic E-state index is 13.4. The number of ketones is 3. The predicted molar refractivity (Wildman–Crippen MR) is 394 cm³/mol. The average Bonchev–Trinajstić information content (AvgIpc) is 1.46. The van der Waals surface area contributed by atoms with Crippen LogP contribution in [-0.4, -0.2) is 191 Å². The quantitative estimate of drug-likeness (QED) is 0.0264. The first-order chi connectivity index (χ1) is 52.8. The van der Waals surface area contributed by atoms with Crippen molar-refractivity contribution in [3.63, 3.8) is 0 Å². The van der Waals surface area contributed by atoms with Crippen LogP contribution in [0.1, 0.15) is 139 Å². The van der Waals surface area contributed by atoms with Gasteiger partial charge in [0.25, 0.3) is 11.8 Å². The van der Waals surface area contributed by atoms with E-state index in [4.69, 9.17) is 79.3 Å². The normalized spacial score (nSPS) is 12.2. The summed E-state index contributed by atoms with van der Waals surface area (Å²) < 4.78 is 90.6. The van der Waals surface area contributed by atoms with Gasteiger partial charge >= 0.3 is 17.2 Å². The second kappa shape index (κ2) is 48.9. The molecule has 0 spiro atoms. The zero-order valence-corrected chi connectivity index (χ0v) is 61.5. The molecule has 0 saturated carbocycles. The first-order valence-corrected chi connectivity index (χ1v) is 37.3. The van der Waals surface area contributed by atoms with E-state index in [0.29, 0.717) is 276 Å². The summed E-state index contributed by atoms with van der Waals surface area (Å²) in [5, 5.41) is 9.75. The van der Waals surface area contributed by atoms with Crippen LogP contribution in [0.4, 0.5) is 0 Å². The Kier molecular flexibility index (Phi) is 38.1. The molecule has 8 rings (SSSR count). The molecule has 7 aromatic rings. The molecule has 0 atom stereocenters. The third-order valence-corrected chi connectivity index (χ3v) is 16.9. The number of ether oxygens (including phenoxy) is 12. The Morgan fingerprint density at radius 2 is 0.815 bits per heavy atom. The second-order valence-corrected chi connectivity index (χ2v) is 25.4. The van der Waals surface area contributed by atoms with Crippen molar-refractivity contribution in [3.8, 4) is 23.0 Å². The number of hydrogen-bond donors (Lipinski definition) is 2. The van der Waals surface area contributed by atoms with Crippen molar-refractivity contribution in [1.82, 2.24) is 15.7 Å². The Hall–Kier alpha value is -9.33. The summed E-state index contributed by atoms with van der Waals surface area (Å²) in [5.41, 5.74) is 1.35. The number of furan rings is 2. The van der Waals surface area contributed by atoms with Gasteiger partial charge in [0, 0.05) is 123 Å². The Bertz CT molecular complexity index is 3850. The fraction of sp³-hybridized carbons (Fsp3) is 0.532. The van der Waals surface area contributed by atoms with Crippen LogP contribution >= 0.6 is 0 Å². The molecule has 0 radical (unpaired) electrons. The third kappa shape index (κ3) is 31.1. The summed E-state index contributed by atoms with van der Waals surface area (Å²) in [7, 11) is 0. The number of carbonyl (C=O) groups is 7. The Morgan fingerprint density at radius 1 is 0.380 bits per heavy atom. The molecule has 0 unspecified atom stereocenters. The maximum atomic E-state index is 13.4. The molecule has 5 heterocycles. The third-order valence-electron chi connectivity index (χ3n) is 16.9. The number of nitrogens with zero attached hydrogens (tertiary/aromatic N) is 1. The SMILES string of the molecule is C=C1CCC(=O)N1OC(=O)CCCCCNC(=O)c1cc(OCCCCC(=O)CCOCCOCCOCCOCCCC(=O)CCCOc2c3occc3cc3ccc(=O)oc23)cc(OCCCCC(=O)CCOCCOCCOCCOCCNC(=O)CCCOc2c3occc3cc3ccc(=O)oc23)c1. The van der Waals surface area contributed by atoms with Gasteiger partial charge < -0.3 is 90.0 Å². The molecule has 0 bridgehead atoms. The van der Waals surface area contributed by atoms with Crippen molar-refractivity contribution in [1.29, 1.82) is 0 Å². The number of nitrogens with one attached hydrogen (secondary N) is 2. The molecule has 1 fully saturated rings. The largest absolute Gasteiger partial charge is 0.493 e. The zero-order valence-electron chi connectivity index (χ0n) is 61.5. The number of hydroxylamine groups is 2. The lowest BCUT2D eigenvalue weighted by atomic mass is 10.1. The molecule has 3 amide bonds. The Balaban J connectivity index is 0.593. The van der Waals surface area contributed by atoms with Gasteiger partial charge in [0.15, 0.2) is 22.3 Å². The lowest BCUT2D eigenvalue weighted by molar-refractivity contribution is -0.186. The second-order valence-electron chi connectivity index (χ2n) is 25.4. The standard InChI is InChI=1S/C79H101N3O26/c1-57-18-21-69(87)82(57)108-72(90)17-3-2-6-28-81-79(91)62-54-66(100-31-7-4-12-64(84)26-35-93-41-45-97-49-48-96-44-40-92-30-9-14-63(83)15-10-33-102-77-73-60(24-37-104-73)52-58-19-22-70(88)106-75(58)77)56-67(55-62)101-32-8-5-13-65(85)27-36-94-42-46-98-50-51-99-47-43-95-39-29-80-68(86)16-11-34-103-78-74-61(25-38-105-74)53-59-20-23-71(89)107-76(59)78/h19-20,22-25,37-38,52-56H,1-18,21,26-36,39-51H2,(H,80,86)(H,81,91). The topological polar surface area (TPSA) is 353 Å². The van der Waals surface area contributed by atoms with Gasteiger partial charge in [-0.25, -0.2) is 14.4 Å². The lowest BCUT2D eigenvalue weighted by Crippen LogP contribution is -2.27. The van der Waals surface area contributed by atoms with Gasteiger partial charge in [-0.05, 0) is 113 Å². The summed E-state index contributed by atoms with van der Waals surface area (Å²) in [6, 6.07) is 18.3. The van der Waals surface area contributed by atoms with Gasteiger partial charge in [-0.1, -0.05) is 13.0 Å². The van der Waals surface area contributed by atoms with E-state index >= 15 is 0 Å². The number of rotatable bonds is 61. The molecule has 1 aliphatic heterocycles. The molecule has 3 aromatic carbocycles. The number of allylic oxidation sites excluding steroid dienone is 1. The van der Waals surface area contributed by atoms with Crippen LogP contribution in [0.3, 0.4) is 0 Å². The van der Waals surface area contributed by atoms with Gasteiger partial charge in [0.05, 0.1) is 144 Å². The Labute approximate surface area is 625 Å². The summed E-state index contributed by atoms with van der Waals surface area (Å²) in [6.45, 7) is 11.1. The van der Waals surface area contributed by atoms with Crippen molar-refractivity contribution in [2.24, 2.45) is 0 Å². The van der Waals surface area contributed by atoms with E-state index in [-0.39, 0.29) is 100 Å². The maximum Gasteiger partial charge on any atom is 0.336 e. The van der Waals surface area contributed by atoms with E-state index in [1.165, 1.54) is 18.4 Å². The smallest absolute Gasteiger partial charge is 0.336 e. The highest BCUT2D eigenvalue weighted by atomic mass is 16.7. The summed E-state index contributed by atoms with van der Waals surface area (Å²) in [6.07, 6.45) is 11.7. The highest BCUT2D eigenvalue weighted by Crippen LogP contribution is 2.37. The molecule has 588 valence electrons. The molecule has 29 nitrogen and oxygen atoms in total.